The highest BCUT2D eigenvalue weighted by molar-refractivity contribution is 5.86. The largest absolute Gasteiger partial charge is 0.478 e. The van der Waals surface area contributed by atoms with Gasteiger partial charge in [-0.2, -0.15) is 0 Å². The van der Waals surface area contributed by atoms with Crippen molar-refractivity contribution in [1.29, 1.82) is 0 Å². The monoisotopic (exact) mass is 430 g/mol. The zero-order valence-corrected chi connectivity index (χ0v) is 18.0. The van der Waals surface area contributed by atoms with Gasteiger partial charge in [-0.1, -0.05) is 72.8 Å². The van der Waals surface area contributed by atoms with Crippen LogP contribution in [0.5, 0.6) is 5.75 Å². The van der Waals surface area contributed by atoms with E-state index < -0.39 is 5.97 Å². The predicted octanol–water partition coefficient (Wildman–Crippen LogP) is 5.36. The third kappa shape index (κ3) is 5.56. The number of rotatable bonds is 10. The third-order valence-electron chi connectivity index (χ3n) is 5.30. The summed E-state index contributed by atoms with van der Waals surface area (Å²) in [4.78, 5) is 11.4. The van der Waals surface area contributed by atoms with Gasteiger partial charge in [-0.25, -0.2) is 4.79 Å². The Balaban J connectivity index is 1.49. The first-order chi connectivity index (χ1) is 15.7. The van der Waals surface area contributed by atoms with E-state index in [0.29, 0.717) is 17.9 Å². The van der Waals surface area contributed by atoms with Crippen LogP contribution < -0.4 is 4.74 Å². The van der Waals surface area contributed by atoms with Crippen molar-refractivity contribution in [2.45, 2.75) is 25.6 Å². The maximum Gasteiger partial charge on any atom is 0.343 e. The summed E-state index contributed by atoms with van der Waals surface area (Å²) in [6.45, 7) is 0.246. The molecule has 1 heterocycles. The lowest BCUT2D eigenvalue weighted by Crippen LogP contribution is -2.19. The molecule has 164 valence electrons. The molecule has 5 nitrogen and oxygen atoms in total. The van der Waals surface area contributed by atoms with Crippen molar-refractivity contribution in [3.8, 4) is 5.75 Å². The number of carbonyl (C=O) groups is 1. The topological polar surface area (TPSA) is 57.9 Å². The Labute approximate surface area is 187 Å². The lowest BCUT2D eigenvalue weighted by Gasteiger charge is -2.18. The average Bonchev–Trinajstić information content (AvgIpc) is 3.26. The van der Waals surface area contributed by atoms with Crippen molar-refractivity contribution in [2.75, 3.05) is 13.7 Å². The summed E-state index contributed by atoms with van der Waals surface area (Å²) >= 11 is 0. The van der Waals surface area contributed by atoms with Crippen LogP contribution in [0.3, 0.4) is 0 Å². The summed E-state index contributed by atoms with van der Waals surface area (Å²) in [7, 11) is 1.33. The Morgan fingerprint density at radius 3 is 2.16 bits per heavy atom. The molecule has 0 aliphatic heterocycles. The molecule has 0 radical (unpaired) electrons. The minimum atomic E-state index is -0.443. The second-order valence-corrected chi connectivity index (χ2v) is 7.57. The highest BCUT2D eigenvalue weighted by Gasteiger charge is 2.16. The Bertz CT molecular complexity index is 1090. The number of hydrogen-bond donors (Lipinski definition) is 0. The van der Waals surface area contributed by atoms with Gasteiger partial charge in [-0.3, -0.25) is 0 Å². The molecule has 0 aliphatic carbocycles. The maximum atomic E-state index is 11.4. The molecule has 0 bridgehead atoms. The van der Waals surface area contributed by atoms with E-state index in [0.717, 1.165) is 23.8 Å². The number of hydrogen-bond acceptors (Lipinski definition) is 5. The molecule has 4 aromatic rings. The van der Waals surface area contributed by atoms with E-state index >= 15 is 0 Å². The number of ether oxygens (including phenoxy) is 3. The van der Waals surface area contributed by atoms with E-state index in [-0.39, 0.29) is 12.7 Å². The van der Waals surface area contributed by atoms with Gasteiger partial charge in [0, 0.05) is 10.9 Å². The third-order valence-corrected chi connectivity index (χ3v) is 5.30. The van der Waals surface area contributed by atoms with Gasteiger partial charge >= 0.3 is 5.97 Å². The SMILES string of the molecule is COC(=O)COc1cccc2c(COC(Cc3ccccc3)Cc3ccccc3)coc12. The van der Waals surface area contributed by atoms with Crippen LogP contribution in [-0.4, -0.2) is 25.8 Å². The van der Waals surface area contributed by atoms with Gasteiger partial charge in [0.15, 0.2) is 17.9 Å². The van der Waals surface area contributed by atoms with Gasteiger partial charge in [-0.15, -0.1) is 0 Å². The number of benzene rings is 3. The molecule has 0 spiro atoms. The first-order valence-electron chi connectivity index (χ1n) is 10.6. The van der Waals surface area contributed by atoms with Crippen molar-refractivity contribution in [3.05, 3.63) is 102 Å². The van der Waals surface area contributed by atoms with E-state index in [1.807, 2.05) is 48.5 Å². The summed E-state index contributed by atoms with van der Waals surface area (Å²) in [5.41, 5.74) is 4.01. The second-order valence-electron chi connectivity index (χ2n) is 7.57. The molecule has 0 N–H and O–H groups in total. The minimum absolute atomic E-state index is 0.0171. The second kappa shape index (κ2) is 10.6. The number of carbonyl (C=O) groups excluding carboxylic acids is 1. The van der Waals surface area contributed by atoms with Crippen molar-refractivity contribution in [3.63, 3.8) is 0 Å². The standard InChI is InChI=1S/C27H26O5/c1-29-26(28)19-31-25-14-8-13-24-22(18-32-27(24)25)17-30-23(15-20-9-4-2-5-10-20)16-21-11-6-3-7-12-21/h2-14,18,23H,15-17,19H2,1H3. The quantitative estimate of drug-likeness (QED) is 0.317. The fourth-order valence-electron chi connectivity index (χ4n) is 3.66. The summed E-state index contributed by atoms with van der Waals surface area (Å²) < 4.78 is 22.3. The summed E-state index contributed by atoms with van der Waals surface area (Å²) in [6.07, 6.45) is 3.35. The molecular formula is C27H26O5. The number of methoxy groups -OCH3 is 1. The zero-order valence-electron chi connectivity index (χ0n) is 18.0. The number of esters is 1. The molecule has 32 heavy (non-hydrogen) atoms. The first kappa shape index (κ1) is 21.7. The van der Waals surface area contributed by atoms with Crippen LogP contribution in [0.25, 0.3) is 11.0 Å². The van der Waals surface area contributed by atoms with Crippen LogP contribution >= 0.6 is 0 Å². The van der Waals surface area contributed by atoms with Gasteiger partial charge in [0.05, 0.1) is 26.1 Å². The van der Waals surface area contributed by atoms with Gasteiger partial charge in [0.2, 0.25) is 0 Å². The van der Waals surface area contributed by atoms with E-state index in [2.05, 4.69) is 29.0 Å². The maximum absolute atomic E-state index is 11.4. The summed E-state index contributed by atoms with van der Waals surface area (Å²) in [6, 6.07) is 26.4. The number of furan rings is 1. The van der Waals surface area contributed by atoms with E-state index in [9.17, 15) is 4.79 Å². The molecule has 0 aliphatic rings. The molecule has 5 heteroatoms. The van der Waals surface area contributed by atoms with Crippen LogP contribution in [0.1, 0.15) is 16.7 Å². The van der Waals surface area contributed by atoms with Crippen LogP contribution in [0.4, 0.5) is 0 Å². The fourth-order valence-corrected chi connectivity index (χ4v) is 3.66. The lowest BCUT2D eigenvalue weighted by atomic mass is 10.0. The fraction of sp³-hybridized carbons (Fsp3) is 0.222. The molecule has 1 aromatic heterocycles. The van der Waals surface area contributed by atoms with Crippen molar-refractivity contribution >= 4 is 16.9 Å². The highest BCUT2D eigenvalue weighted by Crippen LogP contribution is 2.30. The first-order valence-corrected chi connectivity index (χ1v) is 10.6. The van der Waals surface area contributed by atoms with Gasteiger partial charge in [0.25, 0.3) is 0 Å². The van der Waals surface area contributed by atoms with E-state index in [4.69, 9.17) is 13.9 Å². The molecule has 3 aromatic carbocycles. The molecule has 0 fully saturated rings. The summed E-state index contributed by atoms with van der Waals surface area (Å²) in [5.74, 6) is 0.0612. The predicted molar refractivity (Wildman–Crippen MR) is 123 cm³/mol. The van der Waals surface area contributed by atoms with Crippen molar-refractivity contribution in [1.82, 2.24) is 0 Å². The van der Waals surface area contributed by atoms with Crippen molar-refractivity contribution in [2.24, 2.45) is 0 Å². The van der Waals surface area contributed by atoms with Crippen molar-refractivity contribution < 1.29 is 23.4 Å². The Morgan fingerprint density at radius 1 is 0.875 bits per heavy atom. The van der Waals surface area contributed by atoms with Gasteiger partial charge in [-0.05, 0) is 30.0 Å². The normalized spacial score (nSPS) is 11.1. The molecular weight excluding hydrogens is 404 g/mol. The molecule has 0 saturated carbocycles. The smallest absolute Gasteiger partial charge is 0.343 e. The average molecular weight is 431 g/mol. The molecule has 4 rings (SSSR count). The molecule has 0 amide bonds. The van der Waals surface area contributed by atoms with Crippen LogP contribution in [0, 0.1) is 0 Å². The lowest BCUT2D eigenvalue weighted by molar-refractivity contribution is -0.142. The molecule has 0 atom stereocenters. The Hall–Kier alpha value is -3.57. The molecule has 0 unspecified atom stereocenters. The van der Waals surface area contributed by atoms with Crippen LogP contribution in [0.15, 0.2) is 89.5 Å². The highest BCUT2D eigenvalue weighted by atomic mass is 16.6. The zero-order chi connectivity index (χ0) is 22.2. The van der Waals surface area contributed by atoms with Crippen LogP contribution in [-0.2, 0) is 33.7 Å². The summed E-state index contributed by atoms with van der Waals surface area (Å²) in [5, 5.41) is 0.908. The Morgan fingerprint density at radius 2 is 1.53 bits per heavy atom. The van der Waals surface area contributed by atoms with Gasteiger partial charge in [0.1, 0.15) is 0 Å². The number of fused-ring (bicyclic) bond motifs is 1. The van der Waals surface area contributed by atoms with E-state index in [1.165, 1.54) is 18.2 Å². The van der Waals surface area contributed by atoms with Gasteiger partial charge < -0.3 is 18.6 Å². The Kier molecular flexibility index (Phi) is 7.20. The minimum Gasteiger partial charge on any atom is -0.478 e. The van der Waals surface area contributed by atoms with E-state index in [1.54, 1.807) is 12.3 Å². The van der Waals surface area contributed by atoms with Crippen LogP contribution in [0.2, 0.25) is 0 Å². The molecule has 0 saturated heterocycles. The number of para-hydroxylation sites is 1.